The third-order valence-electron chi connectivity index (χ3n) is 4.01. The number of alkyl halides is 3. The number of esters is 1. The summed E-state index contributed by atoms with van der Waals surface area (Å²) in [6.45, 7) is 1.99. The van der Waals surface area contributed by atoms with E-state index in [-0.39, 0.29) is 34.6 Å². The van der Waals surface area contributed by atoms with Gasteiger partial charge in [0.1, 0.15) is 5.03 Å². The second kappa shape index (κ2) is 11.1. The Kier molecular flexibility index (Phi) is 8.17. The largest absolute Gasteiger partial charge is 0.466 e. The number of hydrogen-bond donors (Lipinski definition) is 1. The number of nitro benzene ring substituents is 1. The van der Waals surface area contributed by atoms with Gasteiger partial charge in [0.05, 0.1) is 40.3 Å². The molecule has 0 aliphatic heterocycles. The van der Waals surface area contributed by atoms with E-state index in [1.54, 1.807) is 18.4 Å². The average molecular weight is 512 g/mol. The van der Waals surface area contributed by atoms with Crippen molar-refractivity contribution in [1.29, 1.82) is 0 Å². The number of carbonyl (C=O) groups is 1. The number of nitro groups is 1. The molecule has 1 aromatic carbocycles. The number of aromatic nitrogens is 2. The number of anilines is 1. The predicted octanol–water partition coefficient (Wildman–Crippen LogP) is 5.17. The van der Waals surface area contributed by atoms with Crippen LogP contribution in [0.2, 0.25) is 0 Å². The van der Waals surface area contributed by atoms with Crippen molar-refractivity contribution in [3.05, 3.63) is 68.8 Å². The van der Waals surface area contributed by atoms with Gasteiger partial charge in [0.15, 0.2) is 0 Å². The van der Waals surface area contributed by atoms with Gasteiger partial charge in [-0.2, -0.15) is 18.3 Å². The molecule has 178 valence electrons. The molecule has 0 saturated carbocycles. The van der Waals surface area contributed by atoms with Gasteiger partial charge in [-0.05, 0) is 25.1 Å². The molecule has 0 spiro atoms. The van der Waals surface area contributed by atoms with E-state index in [1.807, 2.05) is 0 Å². The number of hydrogen-bond acceptors (Lipinski definition) is 10. The molecule has 0 fully saturated rings. The first-order valence-electron chi connectivity index (χ1n) is 9.54. The second-order valence-corrected chi connectivity index (χ2v) is 8.39. The van der Waals surface area contributed by atoms with Gasteiger partial charge in [-0.15, -0.1) is 11.3 Å². The Balaban J connectivity index is 1.67. The Hall–Kier alpha value is -3.52. The topological polar surface area (TPSA) is 120 Å². The molecule has 3 aromatic rings. The predicted molar refractivity (Wildman–Crippen MR) is 120 cm³/mol. The Bertz CT molecular complexity index is 1200. The number of hydrazone groups is 1. The van der Waals surface area contributed by atoms with Gasteiger partial charge in [0.2, 0.25) is 5.13 Å². The minimum absolute atomic E-state index is 0.0366. The summed E-state index contributed by atoms with van der Waals surface area (Å²) >= 11 is 2.10. The van der Waals surface area contributed by atoms with Crippen molar-refractivity contribution in [3.8, 4) is 0 Å². The van der Waals surface area contributed by atoms with Crippen LogP contribution in [0, 0.1) is 10.1 Å². The summed E-state index contributed by atoms with van der Waals surface area (Å²) in [7, 11) is 0. The molecule has 0 aliphatic rings. The molecule has 34 heavy (non-hydrogen) atoms. The van der Waals surface area contributed by atoms with Gasteiger partial charge in [-0.25, -0.2) is 9.97 Å². The van der Waals surface area contributed by atoms with Crippen molar-refractivity contribution in [2.45, 2.75) is 29.4 Å². The van der Waals surface area contributed by atoms with Crippen LogP contribution in [-0.4, -0.2) is 33.7 Å². The lowest BCUT2D eigenvalue weighted by Gasteiger charge is -2.07. The Morgan fingerprint density at radius 1 is 1.35 bits per heavy atom. The number of benzene rings is 1. The third kappa shape index (κ3) is 6.99. The van der Waals surface area contributed by atoms with Crippen LogP contribution in [0.15, 0.2) is 56.9 Å². The van der Waals surface area contributed by atoms with Crippen molar-refractivity contribution in [2.24, 2.45) is 5.10 Å². The number of pyridine rings is 1. The summed E-state index contributed by atoms with van der Waals surface area (Å²) in [6.07, 6.45) is -2.45. The minimum Gasteiger partial charge on any atom is -0.466 e. The smallest absolute Gasteiger partial charge is 0.417 e. The molecule has 14 heteroatoms. The number of carbonyl (C=O) groups excluding carboxylic acids is 1. The van der Waals surface area contributed by atoms with E-state index in [4.69, 9.17) is 4.74 Å². The van der Waals surface area contributed by atoms with Crippen molar-refractivity contribution < 1.29 is 27.6 Å². The first-order valence-corrected chi connectivity index (χ1v) is 11.2. The molecule has 2 heterocycles. The van der Waals surface area contributed by atoms with E-state index < -0.39 is 16.7 Å². The number of rotatable bonds is 9. The number of nitrogens with one attached hydrogen (secondary N) is 1. The summed E-state index contributed by atoms with van der Waals surface area (Å²) in [6, 6.07) is 6.33. The molecular weight excluding hydrogens is 495 g/mol. The molecule has 3 rings (SSSR count). The zero-order chi connectivity index (χ0) is 24.7. The van der Waals surface area contributed by atoms with E-state index in [0.717, 1.165) is 23.9 Å². The van der Waals surface area contributed by atoms with Crippen LogP contribution in [0.4, 0.5) is 24.0 Å². The van der Waals surface area contributed by atoms with E-state index in [2.05, 4.69) is 20.5 Å². The highest BCUT2D eigenvalue weighted by molar-refractivity contribution is 7.99. The lowest BCUT2D eigenvalue weighted by molar-refractivity contribution is -0.387. The first kappa shape index (κ1) is 25.1. The van der Waals surface area contributed by atoms with Crippen molar-refractivity contribution in [2.75, 3.05) is 12.0 Å². The van der Waals surface area contributed by atoms with Gasteiger partial charge in [0.25, 0.3) is 5.69 Å². The summed E-state index contributed by atoms with van der Waals surface area (Å²) in [5.74, 6) is -0.389. The number of thiazole rings is 1. The maximum atomic E-state index is 12.7. The molecule has 1 N–H and O–H groups in total. The summed E-state index contributed by atoms with van der Waals surface area (Å²) in [5, 5.41) is 17.8. The van der Waals surface area contributed by atoms with Crippen molar-refractivity contribution in [1.82, 2.24) is 9.97 Å². The standard InChI is InChI=1S/C20H16F3N5O4S2/c1-2-32-18(29)8-14-11-33-19(26-14)27-25-9-12-3-5-16(15(7-12)28(30)31)34-17-6-4-13(10-24-17)20(21,22)23/h3-7,9-11H,2,8H2,1H3,(H,26,27). The van der Waals surface area contributed by atoms with Crippen molar-refractivity contribution >= 4 is 46.1 Å². The van der Waals surface area contributed by atoms with Gasteiger partial charge in [0, 0.05) is 23.2 Å². The fraction of sp³-hybridized carbons (Fsp3) is 0.200. The quantitative estimate of drug-likeness (QED) is 0.181. The van der Waals surface area contributed by atoms with Crippen LogP contribution < -0.4 is 5.43 Å². The van der Waals surface area contributed by atoms with Crippen LogP contribution in [0.1, 0.15) is 23.7 Å². The highest BCUT2D eigenvalue weighted by Gasteiger charge is 2.30. The summed E-state index contributed by atoms with van der Waals surface area (Å²) < 4.78 is 42.9. The molecule has 0 saturated heterocycles. The van der Waals surface area contributed by atoms with Crippen molar-refractivity contribution in [3.63, 3.8) is 0 Å². The number of ether oxygens (including phenoxy) is 1. The van der Waals surface area contributed by atoms with Gasteiger partial charge < -0.3 is 4.74 Å². The van der Waals surface area contributed by atoms with Gasteiger partial charge in [-0.1, -0.05) is 17.8 Å². The normalized spacial score (nSPS) is 11.5. The molecule has 0 bridgehead atoms. The van der Waals surface area contributed by atoms with Crippen LogP contribution in [0.3, 0.4) is 0 Å². The highest BCUT2D eigenvalue weighted by Crippen LogP contribution is 2.35. The van der Waals surface area contributed by atoms with Crippen LogP contribution >= 0.6 is 23.1 Å². The van der Waals surface area contributed by atoms with Crippen LogP contribution in [0.25, 0.3) is 0 Å². The Labute approximate surface area is 199 Å². The molecule has 0 amide bonds. The number of halogens is 3. The molecule has 0 atom stereocenters. The van der Waals surface area contributed by atoms with Gasteiger partial charge >= 0.3 is 12.1 Å². The molecule has 0 unspecified atom stereocenters. The second-order valence-electron chi connectivity index (χ2n) is 6.47. The number of nitrogens with zero attached hydrogens (tertiary/aromatic N) is 4. The molecule has 0 radical (unpaired) electrons. The van der Waals surface area contributed by atoms with Crippen LogP contribution in [0.5, 0.6) is 0 Å². The Morgan fingerprint density at radius 2 is 2.15 bits per heavy atom. The lowest BCUT2D eigenvalue weighted by atomic mass is 10.2. The highest BCUT2D eigenvalue weighted by atomic mass is 32.2. The SMILES string of the molecule is CCOC(=O)Cc1csc(NN=Cc2ccc(Sc3ccc(C(F)(F)F)cn3)c([N+](=O)[O-])c2)n1. The fourth-order valence-corrected chi connectivity index (χ4v) is 4.03. The minimum atomic E-state index is -4.52. The zero-order valence-electron chi connectivity index (χ0n) is 17.4. The summed E-state index contributed by atoms with van der Waals surface area (Å²) in [4.78, 5) is 30.5. The molecule has 9 nitrogen and oxygen atoms in total. The van der Waals surface area contributed by atoms with Crippen LogP contribution in [-0.2, 0) is 22.1 Å². The molecule has 2 aromatic heterocycles. The zero-order valence-corrected chi connectivity index (χ0v) is 19.0. The van der Waals surface area contributed by atoms with E-state index in [0.29, 0.717) is 22.6 Å². The van der Waals surface area contributed by atoms with Gasteiger partial charge in [-0.3, -0.25) is 20.3 Å². The van der Waals surface area contributed by atoms with E-state index in [1.165, 1.54) is 29.7 Å². The third-order valence-corrected chi connectivity index (χ3v) is 5.83. The molecular formula is C20H16F3N5O4S2. The lowest BCUT2D eigenvalue weighted by Crippen LogP contribution is -2.07. The van der Waals surface area contributed by atoms with E-state index >= 15 is 0 Å². The first-order chi connectivity index (χ1) is 16.2. The van der Waals surface area contributed by atoms with E-state index in [9.17, 15) is 28.1 Å². The average Bonchev–Trinajstić information content (AvgIpc) is 3.21. The maximum absolute atomic E-state index is 12.7. The summed E-state index contributed by atoms with van der Waals surface area (Å²) in [5.41, 5.74) is 2.47. The maximum Gasteiger partial charge on any atom is 0.417 e. The monoisotopic (exact) mass is 511 g/mol. The Morgan fingerprint density at radius 3 is 2.79 bits per heavy atom. The molecule has 0 aliphatic carbocycles. The fourth-order valence-electron chi connectivity index (χ4n) is 2.53.